The van der Waals surface area contributed by atoms with E-state index in [0.717, 1.165) is 17.0 Å². The average molecular weight is 394 g/mol. The molecule has 3 N–H and O–H groups in total. The molecule has 0 aliphatic carbocycles. The number of rotatable bonds is 8. The van der Waals surface area contributed by atoms with E-state index in [2.05, 4.69) is 25.2 Å². The van der Waals surface area contributed by atoms with Crippen molar-refractivity contribution >= 4 is 17.6 Å². The first kappa shape index (κ1) is 20.3. The lowest BCUT2D eigenvalue weighted by molar-refractivity contribution is 0.238. The number of anilines is 3. The first-order chi connectivity index (χ1) is 14.0. The van der Waals surface area contributed by atoms with Gasteiger partial charge in [-0.1, -0.05) is 30.3 Å². The Morgan fingerprint density at radius 1 is 1.00 bits per heavy atom. The van der Waals surface area contributed by atoms with E-state index in [9.17, 15) is 0 Å². The van der Waals surface area contributed by atoms with E-state index >= 15 is 0 Å². The van der Waals surface area contributed by atoms with Gasteiger partial charge in [0.15, 0.2) is 17.3 Å². The minimum absolute atomic E-state index is 0.104. The molecule has 0 unspecified atom stereocenters. The maximum atomic E-state index is 5.93. The van der Waals surface area contributed by atoms with Crippen LogP contribution in [0.5, 0.6) is 11.5 Å². The van der Waals surface area contributed by atoms with E-state index in [1.807, 2.05) is 62.5 Å². The van der Waals surface area contributed by atoms with Crippen LogP contribution in [0.25, 0.3) is 0 Å². The van der Waals surface area contributed by atoms with Gasteiger partial charge >= 0.3 is 0 Å². The van der Waals surface area contributed by atoms with E-state index in [4.69, 9.17) is 15.2 Å². The van der Waals surface area contributed by atoms with Crippen LogP contribution in [0.2, 0.25) is 0 Å². The largest absolute Gasteiger partial charge is 0.493 e. The smallest absolute Gasteiger partial charge is 0.232 e. The van der Waals surface area contributed by atoms with Gasteiger partial charge in [-0.2, -0.15) is 15.0 Å². The second kappa shape index (κ2) is 9.20. The number of nitrogens with zero attached hydrogens (tertiary/aromatic N) is 4. The normalized spacial score (nSPS) is 11.9. The highest BCUT2D eigenvalue weighted by Crippen LogP contribution is 2.32. The zero-order chi connectivity index (χ0) is 20.8. The molecule has 0 spiro atoms. The third kappa shape index (κ3) is 4.91. The molecule has 1 aromatic heterocycles. The molecule has 29 heavy (non-hydrogen) atoms. The predicted molar refractivity (Wildman–Crippen MR) is 113 cm³/mol. The molecule has 8 nitrogen and oxygen atoms in total. The standard InChI is InChI=1S/C21H26N6O2/c1-14(27(2)13-15-9-8-12-17(28-3)18(15)29-4)19-24-20(22)26-21(25-19)23-16-10-6-5-7-11-16/h5-12,14H,13H2,1-4H3,(H3,22,23,24,25,26)/t14-/m1/s1. The van der Waals surface area contributed by atoms with E-state index in [1.165, 1.54) is 0 Å². The van der Waals surface area contributed by atoms with Gasteiger partial charge in [-0.05, 0) is 32.2 Å². The topological polar surface area (TPSA) is 98.4 Å². The Morgan fingerprint density at radius 3 is 2.45 bits per heavy atom. The summed E-state index contributed by atoms with van der Waals surface area (Å²) < 4.78 is 10.9. The average Bonchev–Trinajstić information content (AvgIpc) is 2.73. The Morgan fingerprint density at radius 2 is 1.76 bits per heavy atom. The number of para-hydroxylation sites is 2. The second-order valence-corrected chi connectivity index (χ2v) is 6.61. The predicted octanol–water partition coefficient (Wildman–Crippen LogP) is 3.41. The van der Waals surface area contributed by atoms with Crippen molar-refractivity contribution in [3.8, 4) is 11.5 Å². The summed E-state index contributed by atoms with van der Waals surface area (Å²) in [5, 5.41) is 3.16. The Bertz CT molecular complexity index is 951. The van der Waals surface area contributed by atoms with E-state index < -0.39 is 0 Å². The number of methoxy groups -OCH3 is 2. The highest BCUT2D eigenvalue weighted by atomic mass is 16.5. The zero-order valence-electron chi connectivity index (χ0n) is 17.1. The molecule has 3 aromatic rings. The zero-order valence-corrected chi connectivity index (χ0v) is 17.1. The van der Waals surface area contributed by atoms with Gasteiger partial charge in [0.05, 0.1) is 20.3 Å². The Labute approximate surface area is 170 Å². The summed E-state index contributed by atoms with van der Waals surface area (Å²) in [6.07, 6.45) is 0. The number of aromatic nitrogens is 3. The van der Waals surface area contributed by atoms with E-state index in [0.29, 0.717) is 24.1 Å². The van der Waals surface area contributed by atoms with Gasteiger partial charge in [-0.25, -0.2) is 0 Å². The molecule has 1 atom stereocenters. The molecule has 1 heterocycles. The maximum absolute atomic E-state index is 5.93. The first-order valence-electron chi connectivity index (χ1n) is 9.25. The number of hydrogen-bond acceptors (Lipinski definition) is 8. The Hall–Kier alpha value is -3.39. The highest BCUT2D eigenvalue weighted by Gasteiger charge is 2.19. The van der Waals surface area contributed by atoms with Gasteiger partial charge in [0.2, 0.25) is 11.9 Å². The van der Waals surface area contributed by atoms with Crippen molar-refractivity contribution in [2.45, 2.75) is 19.5 Å². The monoisotopic (exact) mass is 394 g/mol. The van der Waals surface area contributed by atoms with Gasteiger partial charge in [0.1, 0.15) is 0 Å². The van der Waals surface area contributed by atoms with Crippen molar-refractivity contribution in [2.24, 2.45) is 0 Å². The van der Waals surface area contributed by atoms with Crippen molar-refractivity contribution in [2.75, 3.05) is 32.3 Å². The molecular weight excluding hydrogens is 368 g/mol. The summed E-state index contributed by atoms with van der Waals surface area (Å²) in [7, 11) is 5.26. The molecule has 152 valence electrons. The van der Waals surface area contributed by atoms with Crippen molar-refractivity contribution in [1.82, 2.24) is 19.9 Å². The molecule has 0 aliphatic heterocycles. The molecular formula is C21H26N6O2. The molecule has 0 aliphatic rings. The summed E-state index contributed by atoms with van der Waals surface area (Å²) in [4.78, 5) is 15.2. The van der Waals surface area contributed by atoms with Gasteiger partial charge in [-0.15, -0.1) is 0 Å². The second-order valence-electron chi connectivity index (χ2n) is 6.61. The fraction of sp³-hybridized carbons (Fsp3) is 0.286. The lowest BCUT2D eigenvalue weighted by atomic mass is 10.1. The summed E-state index contributed by atoms with van der Waals surface area (Å²) in [5.41, 5.74) is 7.82. The van der Waals surface area contributed by atoms with Crippen LogP contribution in [-0.2, 0) is 6.54 Å². The Kier molecular flexibility index (Phi) is 6.46. The molecule has 0 amide bonds. The summed E-state index contributed by atoms with van der Waals surface area (Å²) in [6.45, 7) is 2.64. The number of benzene rings is 2. The van der Waals surface area contributed by atoms with Gasteiger partial charge in [-0.3, -0.25) is 4.90 Å². The van der Waals surface area contributed by atoms with Crippen LogP contribution in [0.4, 0.5) is 17.6 Å². The molecule has 3 rings (SSSR count). The molecule has 0 saturated carbocycles. The van der Waals surface area contributed by atoms with E-state index in [1.54, 1.807) is 14.2 Å². The summed E-state index contributed by atoms with van der Waals surface area (Å²) in [6, 6.07) is 15.4. The molecule has 0 bridgehead atoms. The lowest BCUT2D eigenvalue weighted by Gasteiger charge is -2.25. The van der Waals surface area contributed by atoms with Gasteiger partial charge in [0, 0.05) is 17.8 Å². The molecule has 0 saturated heterocycles. The van der Waals surface area contributed by atoms with Crippen LogP contribution in [0.1, 0.15) is 24.4 Å². The quantitative estimate of drug-likeness (QED) is 0.600. The molecule has 0 radical (unpaired) electrons. The van der Waals surface area contributed by atoms with E-state index in [-0.39, 0.29) is 12.0 Å². The molecule has 2 aromatic carbocycles. The SMILES string of the molecule is COc1cccc(CN(C)[C@H](C)c2nc(N)nc(Nc3ccccc3)n2)c1OC. The Balaban J connectivity index is 1.80. The fourth-order valence-corrected chi connectivity index (χ4v) is 2.98. The van der Waals surface area contributed by atoms with Crippen molar-refractivity contribution in [3.05, 3.63) is 59.9 Å². The number of hydrogen-bond donors (Lipinski definition) is 2. The molecule has 8 heteroatoms. The number of nitrogens with two attached hydrogens (primary N) is 1. The van der Waals surface area contributed by atoms with Gasteiger partial charge < -0.3 is 20.5 Å². The fourth-order valence-electron chi connectivity index (χ4n) is 2.98. The van der Waals surface area contributed by atoms with Crippen LogP contribution in [-0.4, -0.2) is 41.1 Å². The number of nitrogens with one attached hydrogen (secondary N) is 1. The van der Waals surface area contributed by atoms with Crippen LogP contribution in [0.3, 0.4) is 0 Å². The number of ether oxygens (including phenoxy) is 2. The number of nitrogen functional groups attached to an aromatic ring is 1. The van der Waals surface area contributed by atoms with Crippen LogP contribution >= 0.6 is 0 Å². The van der Waals surface area contributed by atoms with Crippen LogP contribution < -0.4 is 20.5 Å². The minimum atomic E-state index is -0.104. The first-order valence-corrected chi connectivity index (χ1v) is 9.25. The molecule has 0 fully saturated rings. The third-order valence-corrected chi connectivity index (χ3v) is 4.64. The van der Waals surface area contributed by atoms with Gasteiger partial charge in [0.25, 0.3) is 0 Å². The van der Waals surface area contributed by atoms with Crippen molar-refractivity contribution in [1.29, 1.82) is 0 Å². The van der Waals surface area contributed by atoms with Crippen molar-refractivity contribution in [3.63, 3.8) is 0 Å². The minimum Gasteiger partial charge on any atom is -0.493 e. The highest BCUT2D eigenvalue weighted by molar-refractivity contribution is 5.53. The summed E-state index contributed by atoms with van der Waals surface area (Å²) in [5.74, 6) is 2.59. The summed E-state index contributed by atoms with van der Waals surface area (Å²) >= 11 is 0. The third-order valence-electron chi connectivity index (χ3n) is 4.64. The lowest BCUT2D eigenvalue weighted by Crippen LogP contribution is -2.25. The van der Waals surface area contributed by atoms with Crippen LogP contribution in [0, 0.1) is 0 Å². The maximum Gasteiger partial charge on any atom is 0.232 e. The van der Waals surface area contributed by atoms with Crippen molar-refractivity contribution < 1.29 is 9.47 Å². The van der Waals surface area contributed by atoms with Crippen LogP contribution in [0.15, 0.2) is 48.5 Å².